The number of rotatable bonds is 6. The van der Waals surface area contributed by atoms with Gasteiger partial charge in [0.2, 0.25) is 0 Å². The molecule has 0 aliphatic rings. The van der Waals surface area contributed by atoms with E-state index in [1.165, 1.54) is 36.4 Å². The van der Waals surface area contributed by atoms with Crippen LogP contribution in [0, 0.1) is 0 Å². The molecule has 2 aromatic rings. The molecule has 0 spiro atoms. The van der Waals surface area contributed by atoms with Crippen molar-refractivity contribution >= 4 is 43.8 Å². The van der Waals surface area contributed by atoms with Crippen LogP contribution in [0.25, 0.3) is 33.0 Å². The van der Waals surface area contributed by atoms with E-state index in [1.807, 2.05) is 0 Å². The Kier molecular flexibility index (Phi) is 6.06. The van der Waals surface area contributed by atoms with E-state index in [0.29, 0.717) is 5.56 Å². The van der Waals surface area contributed by atoms with Crippen LogP contribution < -0.4 is 0 Å². The normalized spacial score (nSPS) is 11.6. The zero-order valence-corrected chi connectivity index (χ0v) is 15.3. The van der Waals surface area contributed by atoms with Crippen LogP contribution in [0.3, 0.4) is 0 Å². The molecule has 144 valence electrons. The van der Waals surface area contributed by atoms with Gasteiger partial charge in [0.05, 0.1) is 10.6 Å². The van der Waals surface area contributed by atoms with Gasteiger partial charge in [0.25, 0.3) is 20.2 Å². The maximum Gasteiger partial charge on any atom is 0.295 e. The Bertz CT molecular complexity index is 1260. The minimum Gasteiger partial charge on any atom is -0.282 e. The topological polar surface area (TPSA) is 206 Å². The maximum atomic E-state index is 11.8. The molecule has 14 heteroatoms. The summed E-state index contributed by atoms with van der Waals surface area (Å²) in [7, 11) is -9.23. The smallest absolute Gasteiger partial charge is 0.282 e. The molecule has 0 heterocycles. The van der Waals surface area contributed by atoms with E-state index in [0.717, 1.165) is 12.1 Å². The minimum absolute atomic E-state index is 0.0827. The van der Waals surface area contributed by atoms with Crippen LogP contribution in [0.4, 0.5) is 11.4 Å². The van der Waals surface area contributed by atoms with Crippen molar-refractivity contribution in [2.45, 2.75) is 9.79 Å². The zero-order chi connectivity index (χ0) is 20.9. The van der Waals surface area contributed by atoms with Crippen molar-refractivity contribution < 1.29 is 25.9 Å². The number of benzene rings is 2. The zero-order valence-electron chi connectivity index (χ0n) is 13.6. The molecule has 2 N–H and O–H groups in total. The number of azide groups is 2. The van der Waals surface area contributed by atoms with E-state index in [9.17, 15) is 21.4 Å². The van der Waals surface area contributed by atoms with Crippen molar-refractivity contribution in [3.8, 4) is 0 Å². The molecule has 0 atom stereocenters. The Morgan fingerprint density at radius 3 is 1.93 bits per heavy atom. The average Bonchev–Trinajstić information content (AvgIpc) is 2.60. The lowest BCUT2D eigenvalue weighted by molar-refractivity contribution is 0.481. The largest absolute Gasteiger partial charge is 0.295 e. The molecule has 12 nitrogen and oxygen atoms in total. The minimum atomic E-state index is -4.87. The molecule has 2 rings (SSSR count). The third-order valence-electron chi connectivity index (χ3n) is 3.33. The molecule has 0 bridgehead atoms. The van der Waals surface area contributed by atoms with E-state index in [2.05, 4.69) is 20.1 Å². The summed E-state index contributed by atoms with van der Waals surface area (Å²) < 4.78 is 64.1. The molecule has 0 radical (unpaired) electrons. The highest BCUT2D eigenvalue weighted by molar-refractivity contribution is 7.86. The highest BCUT2D eigenvalue weighted by atomic mass is 32.2. The highest BCUT2D eigenvalue weighted by Crippen LogP contribution is 2.38. The van der Waals surface area contributed by atoms with E-state index in [1.54, 1.807) is 0 Å². The van der Waals surface area contributed by atoms with Crippen molar-refractivity contribution in [2.24, 2.45) is 10.2 Å². The van der Waals surface area contributed by atoms with Crippen molar-refractivity contribution in [2.75, 3.05) is 0 Å². The first kappa shape index (κ1) is 20.9. The Balaban J connectivity index is 2.62. The van der Waals surface area contributed by atoms with Crippen LogP contribution in [0.2, 0.25) is 0 Å². The van der Waals surface area contributed by atoms with Crippen LogP contribution >= 0.6 is 0 Å². The second-order valence-corrected chi connectivity index (χ2v) is 7.86. The predicted molar refractivity (Wildman–Crippen MR) is 99.1 cm³/mol. The lowest BCUT2D eigenvalue weighted by Gasteiger charge is -2.09. The summed E-state index contributed by atoms with van der Waals surface area (Å²) >= 11 is 0. The third-order valence-corrected chi connectivity index (χ3v) is 5.14. The molecule has 0 aromatic heterocycles. The lowest BCUT2D eigenvalue weighted by Crippen LogP contribution is -2.01. The molecule has 0 amide bonds. The van der Waals surface area contributed by atoms with E-state index in [-0.39, 0.29) is 16.1 Å². The molecule has 0 saturated carbocycles. The SMILES string of the molecule is [N-]=[N+]=Nc1ccc(C=Cc2ccc(S(=O)(=O)O)cc2)c(S(=O)(=O)O)c1N=[N+]=[N-]. The second-order valence-electron chi connectivity index (χ2n) is 5.08. The molecule has 28 heavy (non-hydrogen) atoms. The lowest BCUT2D eigenvalue weighted by atomic mass is 10.1. The van der Waals surface area contributed by atoms with Crippen molar-refractivity contribution in [3.05, 3.63) is 68.4 Å². The van der Waals surface area contributed by atoms with Crippen LogP contribution in [-0.2, 0) is 20.2 Å². The van der Waals surface area contributed by atoms with E-state index in [4.69, 9.17) is 15.6 Å². The first-order chi connectivity index (χ1) is 13.1. The van der Waals surface area contributed by atoms with Crippen molar-refractivity contribution in [3.63, 3.8) is 0 Å². The quantitative estimate of drug-likeness (QED) is 0.228. The van der Waals surface area contributed by atoms with Gasteiger partial charge in [0.1, 0.15) is 4.90 Å². The first-order valence-corrected chi connectivity index (χ1v) is 9.96. The summed E-state index contributed by atoms with van der Waals surface area (Å²) in [5.41, 5.74) is 16.7. The average molecular weight is 422 g/mol. The van der Waals surface area contributed by atoms with Crippen LogP contribution in [-0.4, -0.2) is 25.9 Å². The molecular formula is C14H10N6O6S2. The van der Waals surface area contributed by atoms with Crippen molar-refractivity contribution in [1.29, 1.82) is 0 Å². The van der Waals surface area contributed by atoms with Gasteiger partial charge in [-0.3, -0.25) is 9.11 Å². The van der Waals surface area contributed by atoms with Gasteiger partial charge in [-0.05, 0) is 34.3 Å². The molecule has 0 saturated heterocycles. The van der Waals surface area contributed by atoms with Gasteiger partial charge in [0, 0.05) is 15.5 Å². The fraction of sp³-hybridized carbons (Fsp3) is 0. The van der Waals surface area contributed by atoms with Crippen molar-refractivity contribution in [1.82, 2.24) is 0 Å². The van der Waals surface area contributed by atoms with Gasteiger partial charge in [-0.15, -0.1) is 0 Å². The monoisotopic (exact) mass is 422 g/mol. The van der Waals surface area contributed by atoms with Crippen LogP contribution in [0.1, 0.15) is 11.1 Å². The molecule has 2 aromatic carbocycles. The highest BCUT2D eigenvalue weighted by Gasteiger charge is 2.21. The summed E-state index contributed by atoms with van der Waals surface area (Å²) in [6, 6.07) is 7.36. The van der Waals surface area contributed by atoms with Gasteiger partial charge in [-0.1, -0.05) is 46.6 Å². The fourth-order valence-electron chi connectivity index (χ4n) is 2.19. The fourth-order valence-corrected chi connectivity index (χ4v) is 3.49. The van der Waals surface area contributed by atoms with Gasteiger partial charge in [-0.25, -0.2) is 0 Å². The molecular weight excluding hydrogens is 412 g/mol. The van der Waals surface area contributed by atoms with Gasteiger partial charge >= 0.3 is 0 Å². The summed E-state index contributed by atoms with van der Waals surface area (Å²) in [4.78, 5) is 3.89. The van der Waals surface area contributed by atoms with Gasteiger partial charge in [-0.2, -0.15) is 16.8 Å². The molecule has 0 fully saturated rings. The summed E-state index contributed by atoms with van der Waals surface area (Å²) in [5.74, 6) is 0. The van der Waals surface area contributed by atoms with Gasteiger partial charge < -0.3 is 0 Å². The standard InChI is InChI=1S/C14H10N6O6S2/c15-19-17-12-8-5-10(14(28(24,25)26)13(12)18-20-16)4-1-9-2-6-11(7-3-9)27(21,22)23/h1-8H,(H,21,22,23)(H,24,25,26). The first-order valence-electron chi connectivity index (χ1n) is 7.08. The Morgan fingerprint density at radius 2 is 1.43 bits per heavy atom. The third kappa shape index (κ3) is 4.86. The summed E-state index contributed by atoms with van der Waals surface area (Å²) in [6.45, 7) is 0. The summed E-state index contributed by atoms with van der Waals surface area (Å²) in [5, 5.41) is 6.42. The van der Waals surface area contributed by atoms with Crippen LogP contribution in [0.15, 0.2) is 56.4 Å². The molecule has 0 aliphatic carbocycles. The molecule has 0 unspecified atom stereocenters. The van der Waals surface area contributed by atoms with Crippen LogP contribution in [0.5, 0.6) is 0 Å². The van der Waals surface area contributed by atoms with E-state index >= 15 is 0 Å². The number of hydrogen-bond acceptors (Lipinski definition) is 6. The van der Waals surface area contributed by atoms with E-state index < -0.39 is 30.8 Å². The van der Waals surface area contributed by atoms with Gasteiger partial charge in [0.15, 0.2) is 0 Å². The Hall–Kier alpha value is -3.38. The maximum absolute atomic E-state index is 11.8. The second kappa shape index (κ2) is 8.10. The number of hydrogen-bond donors (Lipinski definition) is 2. The summed E-state index contributed by atoms with van der Waals surface area (Å²) in [6.07, 6.45) is 2.63. The predicted octanol–water partition coefficient (Wildman–Crippen LogP) is 4.23. The molecule has 0 aliphatic heterocycles. The Labute approximate surface area is 158 Å². The Morgan fingerprint density at radius 1 is 0.821 bits per heavy atom. The number of nitrogens with zero attached hydrogens (tertiary/aromatic N) is 6.